The van der Waals surface area contributed by atoms with E-state index in [0.717, 1.165) is 5.56 Å². The number of hydrogen-bond acceptors (Lipinski definition) is 2. The zero-order valence-corrected chi connectivity index (χ0v) is 8.50. The Morgan fingerprint density at radius 1 is 1.36 bits per heavy atom. The van der Waals surface area contributed by atoms with E-state index < -0.39 is 0 Å². The van der Waals surface area contributed by atoms with E-state index in [4.69, 9.17) is 5.21 Å². The summed E-state index contributed by atoms with van der Waals surface area (Å²) in [6, 6.07) is 6.12. The molecule has 3 nitrogen and oxygen atoms in total. The number of amides is 1. The molecule has 0 radical (unpaired) electrons. The largest absolute Gasteiger partial charge is 0.289 e. The fraction of sp³-hybridized carbons (Fsp3) is 0.364. The third kappa shape index (κ3) is 2.85. The van der Waals surface area contributed by atoms with Crippen molar-refractivity contribution in [3.05, 3.63) is 34.9 Å². The van der Waals surface area contributed by atoms with Crippen molar-refractivity contribution in [1.82, 2.24) is 5.48 Å². The number of hydrogen-bond donors (Lipinski definition) is 2. The predicted molar refractivity (Wildman–Crippen MR) is 54.2 cm³/mol. The van der Waals surface area contributed by atoms with Gasteiger partial charge in [0.2, 0.25) is 5.91 Å². The molecule has 0 aliphatic carbocycles. The second-order valence-electron chi connectivity index (χ2n) is 3.45. The van der Waals surface area contributed by atoms with E-state index in [2.05, 4.69) is 13.0 Å². The van der Waals surface area contributed by atoms with Crippen molar-refractivity contribution < 1.29 is 10.0 Å². The summed E-state index contributed by atoms with van der Waals surface area (Å²) in [6.45, 7) is 4.10. The van der Waals surface area contributed by atoms with Gasteiger partial charge in [0.05, 0.1) is 0 Å². The van der Waals surface area contributed by atoms with Crippen LogP contribution in [0.5, 0.6) is 0 Å². The molecule has 2 N–H and O–H groups in total. The van der Waals surface area contributed by atoms with Gasteiger partial charge in [0, 0.05) is 6.42 Å². The molecule has 0 aliphatic heterocycles. The van der Waals surface area contributed by atoms with Crippen LogP contribution >= 0.6 is 0 Å². The first-order valence-electron chi connectivity index (χ1n) is 4.62. The monoisotopic (exact) mass is 193 g/mol. The van der Waals surface area contributed by atoms with E-state index in [1.807, 2.05) is 19.1 Å². The van der Waals surface area contributed by atoms with E-state index in [1.54, 1.807) is 5.48 Å². The number of rotatable bonds is 3. The van der Waals surface area contributed by atoms with E-state index in [0.29, 0.717) is 12.8 Å². The van der Waals surface area contributed by atoms with Crippen LogP contribution in [-0.2, 0) is 11.2 Å². The summed E-state index contributed by atoms with van der Waals surface area (Å²) in [7, 11) is 0. The van der Waals surface area contributed by atoms with Crippen LogP contribution in [0.2, 0.25) is 0 Å². The molecule has 0 fully saturated rings. The van der Waals surface area contributed by atoms with Gasteiger partial charge in [-0.25, -0.2) is 5.48 Å². The summed E-state index contributed by atoms with van der Waals surface area (Å²) in [6.07, 6.45) is 0.979. The predicted octanol–water partition coefficient (Wildman–Crippen LogP) is 1.74. The second-order valence-corrected chi connectivity index (χ2v) is 3.45. The van der Waals surface area contributed by atoms with Crippen molar-refractivity contribution in [2.45, 2.75) is 26.7 Å². The van der Waals surface area contributed by atoms with Gasteiger partial charge in [-0.1, -0.05) is 18.2 Å². The van der Waals surface area contributed by atoms with Gasteiger partial charge in [0.15, 0.2) is 0 Å². The van der Waals surface area contributed by atoms with Crippen LogP contribution in [0.15, 0.2) is 18.2 Å². The molecule has 0 spiro atoms. The average molecular weight is 193 g/mol. The maximum absolute atomic E-state index is 10.8. The van der Waals surface area contributed by atoms with Gasteiger partial charge in [-0.15, -0.1) is 0 Å². The van der Waals surface area contributed by atoms with E-state index >= 15 is 0 Å². The number of carbonyl (C=O) groups excluding carboxylic acids is 1. The molecule has 0 aromatic heterocycles. The highest BCUT2D eigenvalue weighted by atomic mass is 16.5. The Morgan fingerprint density at radius 2 is 2.07 bits per heavy atom. The lowest BCUT2D eigenvalue weighted by atomic mass is 10.0. The van der Waals surface area contributed by atoms with Crippen LogP contribution in [0.4, 0.5) is 0 Å². The summed E-state index contributed by atoms with van der Waals surface area (Å²) in [4.78, 5) is 10.8. The van der Waals surface area contributed by atoms with E-state index in [1.165, 1.54) is 11.1 Å². The summed E-state index contributed by atoms with van der Waals surface area (Å²) in [5, 5.41) is 8.31. The first-order valence-corrected chi connectivity index (χ1v) is 4.62. The van der Waals surface area contributed by atoms with Crippen LogP contribution in [0, 0.1) is 13.8 Å². The van der Waals surface area contributed by atoms with Gasteiger partial charge >= 0.3 is 0 Å². The highest BCUT2D eigenvalue weighted by Crippen LogP contribution is 2.11. The number of benzene rings is 1. The lowest BCUT2D eigenvalue weighted by Crippen LogP contribution is -2.18. The Bertz CT molecular complexity index is 334. The Hall–Kier alpha value is -1.35. The average Bonchev–Trinajstić information content (AvgIpc) is 2.19. The number of carbonyl (C=O) groups is 1. The zero-order valence-electron chi connectivity index (χ0n) is 8.50. The van der Waals surface area contributed by atoms with Gasteiger partial charge in [0.25, 0.3) is 0 Å². The molecule has 0 unspecified atom stereocenters. The van der Waals surface area contributed by atoms with Crippen LogP contribution in [0.25, 0.3) is 0 Å². The molecular formula is C11H15NO2. The number of nitrogens with one attached hydrogen (secondary N) is 1. The molecule has 1 rings (SSSR count). The Morgan fingerprint density at radius 3 is 2.64 bits per heavy atom. The molecule has 1 amide bonds. The fourth-order valence-electron chi connectivity index (χ4n) is 1.27. The highest BCUT2D eigenvalue weighted by Gasteiger charge is 2.01. The van der Waals surface area contributed by atoms with Crippen molar-refractivity contribution in [2.24, 2.45) is 0 Å². The second kappa shape index (κ2) is 4.77. The quantitative estimate of drug-likeness (QED) is 0.567. The molecule has 0 saturated carbocycles. The molecule has 1 aromatic rings. The summed E-state index contributed by atoms with van der Waals surface area (Å²) >= 11 is 0. The normalized spacial score (nSPS) is 9.93. The summed E-state index contributed by atoms with van der Waals surface area (Å²) in [5.41, 5.74) is 5.22. The smallest absolute Gasteiger partial charge is 0.243 e. The third-order valence-electron chi connectivity index (χ3n) is 2.34. The molecule has 0 heterocycles. The molecule has 0 aliphatic rings. The molecular weight excluding hydrogens is 178 g/mol. The Kier molecular flexibility index (Phi) is 3.65. The molecule has 0 saturated heterocycles. The third-order valence-corrected chi connectivity index (χ3v) is 2.34. The summed E-state index contributed by atoms with van der Waals surface area (Å²) in [5.74, 6) is -0.344. The molecule has 1 aromatic carbocycles. The lowest BCUT2D eigenvalue weighted by molar-refractivity contribution is -0.129. The standard InChI is InChI=1S/C11H15NO2/c1-8-3-4-10(7-9(8)2)5-6-11(13)12-14/h3-4,7,14H,5-6H2,1-2H3,(H,12,13). The van der Waals surface area contributed by atoms with Crippen molar-refractivity contribution in [3.8, 4) is 0 Å². The molecule has 0 bridgehead atoms. The van der Waals surface area contributed by atoms with E-state index in [9.17, 15) is 4.79 Å². The zero-order chi connectivity index (χ0) is 10.6. The van der Waals surface area contributed by atoms with Gasteiger partial charge in [-0.2, -0.15) is 0 Å². The van der Waals surface area contributed by atoms with Crippen molar-refractivity contribution >= 4 is 5.91 Å². The van der Waals surface area contributed by atoms with Gasteiger partial charge in [-0.05, 0) is 37.0 Å². The molecule has 3 heteroatoms. The van der Waals surface area contributed by atoms with Crippen molar-refractivity contribution in [2.75, 3.05) is 0 Å². The summed E-state index contributed by atoms with van der Waals surface area (Å²) < 4.78 is 0. The van der Waals surface area contributed by atoms with Gasteiger partial charge in [-0.3, -0.25) is 10.0 Å². The lowest BCUT2D eigenvalue weighted by Gasteiger charge is -2.04. The molecule has 0 atom stereocenters. The minimum atomic E-state index is -0.344. The maximum Gasteiger partial charge on any atom is 0.243 e. The first kappa shape index (κ1) is 10.7. The maximum atomic E-state index is 10.8. The SMILES string of the molecule is Cc1ccc(CCC(=O)NO)cc1C. The topological polar surface area (TPSA) is 49.3 Å². The van der Waals surface area contributed by atoms with Crippen LogP contribution < -0.4 is 5.48 Å². The van der Waals surface area contributed by atoms with E-state index in [-0.39, 0.29) is 5.91 Å². The van der Waals surface area contributed by atoms with Crippen molar-refractivity contribution in [1.29, 1.82) is 0 Å². The van der Waals surface area contributed by atoms with Crippen LogP contribution in [0.1, 0.15) is 23.1 Å². The molecule has 76 valence electrons. The Balaban J connectivity index is 2.60. The van der Waals surface area contributed by atoms with Crippen LogP contribution in [0.3, 0.4) is 0 Å². The minimum absolute atomic E-state index is 0.318. The van der Waals surface area contributed by atoms with Crippen molar-refractivity contribution in [3.63, 3.8) is 0 Å². The first-order chi connectivity index (χ1) is 6.63. The number of aryl methyl sites for hydroxylation is 3. The van der Waals surface area contributed by atoms with Gasteiger partial charge < -0.3 is 0 Å². The van der Waals surface area contributed by atoms with Gasteiger partial charge in [0.1, 0.15) is 0 Å². The fourth-order valence-corrected chi connectivity index (χ4v) is 1.27. The Labute approximate surface area is 83.7 Å². The molecule has 14 heavy (non-hydrogen) atoms. The highest BCUT2D eigenvalue weighted by molar-refractivity contribution is 5.74. The number of hydroxylamine groups is 1. The van der Waals surface area contributed by atoms with Crippen LogP contribution in [-0.4, -0.2) is 11.1 Å². The minimum Gasteiger partial charge on any atom is -0.289 e.